The maximum Gasteiger partial charge on any atom is 0.246 e. The Labute approximate surface area is 312 Å². The van der Waals surface area contributed by atoms with Crippen molar-refractivity contribution in [2.75, 3.05) is 24.0 Å². The van der Waals surface area contributed by atoms with Crippen LogP contribution in [0.5, 0.6) is 17.2 Å². The van der Waals surface area contributed by atoms with Crippen LogP contribution >= 0.6 is 34.2 Å². The summed E-state index contributed by atoms with van der Waals surface area (Å²) in [4.78, 5) is 61.6. The van der Waals surface area contributed by atoms with Crippen LogP contribution in [0.3, 0.4) is 0 Å². The quantitative estimate of drug-likeness (QED) is 0.126. The number of anilines is 2. The van der Waals surface area contributed by atoms with Crippen LogP contribution in [0.15, 0.2) is 103 Å². The van der Waals surface area contributed by atoms with Crippen molar-refractivity contribution in [2.24, 2.45) is 23.7 Å². The molecule has 9 nitrogen and oxygen atoms in total. The molecule has 4 amide bonds. The average Bonchev–Trinajstić information content (AvgIpc) is 3.52. The fourth-order valence-corrected chi connectivity index (χ4v) is 9.66. The van der Waals surface area contributed by atoms with Crippen LogP contribution < -0.4 is 19.3 Å². The van der Waals surface area contributed by atoms with Crippen LogP contribution in [0.1, 0.15) is 29.9 Å². The van der Waals surface area contributed by atoms with E-state index in [0.717, 1.165) is 9.14 Å². The number of imide groups is 2. The molecule has 2 saturated heterocycles. The summed E-state index contributed by atoms with van der Waals surface area (Å²) in [6.07, 6.45) is 2.38. The highest BCUT2D eigenvalue weighted by Crippen LogP contribution is 2.66. The van der Waals surface area contributed by atoms with E-state index in [1.807, 2.05) is 48.5 Å². The molecule has 4 aliphatic rings. The summed E-state index contributed by atoms with van der Waals surface area (Å²) in [6, 6.07) is 26.0. The van der Waals surface area contributed by atoms with Gasteiger partial charge < -0.3 is 14.6 Å². The Morgan fingerprint density at radius 3 is 2.12 bits per heavy atom. The smallest absolute Gasteiger partial charge is 0.246 e. The van der Waals surface area contributed by atoms with Gasteiger partial charge in [0, 0.05) is 32.2 Å². The van der Waals surface area contributed by atoms with Crippen molar-refractivity contribution in [1.82, 2.24) is 0 Å². The molecule has 1 N–H and O–H groups in total. The molecule has 0 bridgehead atoms. The van der Waals surface area contributed by atoms with Gasteiger partial charge in [-0.25, -0.2) is 4.90 Å². The van der Waals surface area contributed by atoms with Crippen LogP contribution in [-0.2, 0) is 24.6 Å². The number of fused-ring (bicyclic) bond motifs is 4. The summed E-state index contributed by atoms with van der Waals surface area (Å²) >= 11 is 8.59. The molecular formula is C40H32ClIN2O7. The van der Waals surface area contributed by atoms with E-state index in [0.29, 0.717) is 27.5 Å². The zero-order valence-electron chi connectivity index (χ0n) is 27.6. The summed E-state index contributed by atoms with van der Waals surface area (Å²) in [5, 5.41) is 11.1. The number of carbonyl (C=O) groups is 4. The number of methoxy groups -OCH3 is 2. The molecule has 258 valence electrons. The first-order valence-electron chi connectivity index (χ1n) is 16.6. The lowest BCUT2D eigenvalue weighted by molar-refractivity contribution is -0.127. The molecule has 51 heavy (non-hydrogen) atoms. The fourth-order valence-electron chi connectivity index (χ4n) is 9.11. The van der Waals surface area contributed by atoms with E-state index in [4.69, 9.17) is 21.1 Å². The number of hydrogen-bond acceptors (Lipinski definition) is 7. The van der Waals surface area contributed by atoms with Gasteiger partial charge >= 0.3 is 0 Å². The van der Waals surface area contributed by atoms with E-state index in [1.54, 1.807) is 36.4 Å². The highest BCUT2D eigenvalue weighted by atomic mass is 127. The molecule has 2 heterocycles. The number of amides is 4. The van der Waals surface area contributed by atoms with Crippen molar-refractivity contribution in [3.8, 4) is 17.2 Å². The molecule has 0 spiro atoms. The number of benzene rings is 4. The zero-order valence-corrected chi connectivity index (χ0v) is 30.5. The number of rotatable bonds is 6. The Morgan fingerprint density at radius 1 is 0.784 bits per heavy atom. The van der Waals surface area contributed by atoms with Crippen molar-refractivity contribution in [3.05, 3.63) is 122 Å². The summed E-state index contributed by atoms with van der Waals surface area (Å²) in [6.45, 7) is 0. The van der Waals surface area contributed by atoms with Crippen molar-refractivity contribution < 1.29 is 33.8 Å². The predicted molar refractivity (Wildman–Crippen MR) is 199 cm³/mol. The predicted octanol–water partition coefficient (Wildman–Crippen LogP) is 7.03. The number of phenols is 1. The molecule has 3 fully saturated rings. The Hall–Kier alpha value is -4.68. The van der Waals surface area contributed by atoms with Crippen LogP contribution in [0.25, 0.3) is 0 Å². The van der Waals surface area contributed by atoms with Gasteiger partial charge in [-0.1, -0.05) is 59.6 Å². The van der Waals surface area contributed by atoms with Gasteiger partial charge in [0.05, 0.1) is 48.8 Å². The summed E-state index contributed by atoms with van der Waals surface area (Å²) in [5.74, 6) is -4.96. The second-order valence-electron chi connectivity index (χ2n) is 13.3. The maximum absolute atomic E-state index is 15.5. The Morgan fingerprint density at radius 2 is 1.47 bits per heavy atom. The summed E-state index contributed by atoms with van der Waals surface area (Å²) in [5.41, 5.74) is 1.11. The Balaban J connectivity index is 1.40. The number of allylic oxidation sites excluding steroid dienone is 2. The number of carbonyl (C=O) groups excluding carboxylic acids is 4. The van der Waals surface area contributed by atoms with Crippen LogP contribution in [0.2, 0.25) is 5.02 Å². The standard InChI is InChI=1S/C40H32ClIN2O7/c1-50-31-18-26(45)19-32(51-2)34(31)35-27-15-16-28-33(38(48)43(36(28)46)24-13-11-23(42)12-14-24)29(27)20-30-37(47)44(25-10-6-9-22(41)17-25)39(49)40(30,35)21-7-4-3-5-8-21/h3-15,17-19,28-30,33,35,45H,16,20H2,1-2H3. The van der Waals surface area contributed by atoms with Crippen molar-refractivity contribution in [3.63, 3.8) is 0 Å². The molecule has 2 aliphatic carbocycles. The second-order valence-corrected chi connectivity index (χ2v) is 15.0. The van der Waals surface area contributed by atoms with Crippen molar-refractivity contribution in [1.29, 1.82) is 0 Å². The van der Waals surface area contributed by atoms with Crippen LogP contribution in [0, 0.1) is 27.2 Å². The number of halogens is 2. The SMILES string of the molecule is COc1cc(O)cc(OC)c1C1C2=CCC3C(=O)N(c4ccc(I)cc4)C(=O)C3C2CC2C(=O)N(c3cccc(Cl)c3)C(=O)C21c1ccccc1. The molecule has 4 aromatic rings. The number of aromatic hydroxyl groups is 1. The number of hydrogen-bond donors (Lipinski definition) is 1. The first kappa shape index (κ1) is 33.5. The minimum atomic E-state index is -1.53. The lowest BCUT2D eigenvalue weighted by Gasteiger charge is -2.51. The van der Waals surface area contributed by atoms with Crippen LogP contribution in [-0.4, -0.2) is 43.0 Å². The lowest BCUT2D eigenvalue weighted by Crippen LogP contribution is -2.53. The zero-order chi connectivity index (χ0) is 35.8. The highest BCUT2D eigenvalue weighted by Gasteiger charge is 2.71. The fraction of sp³-hybridized carbons (Fsp3) is 0.250. The van der Waals surface area contributed by atoms with Gasteiger partial charge in [0.25, 0.3) is 0 Å². The molecule has 4 aromatic carbocycles. The number of ether oxygens (including phenoxy) is 2. The normalized spacial score (nSPS) is 26.8. The van der Waals surface area contributed by atoms with Gasteiger partial charge in [0.15, 0.2) is 0 Å². The third kappa shape index (κ3) is 4.86. The van der Waals surface area contributed by atoms with Gasteiger partial charge in [-0.3, -0.25) is 24.1 Å². The van der Waals surface area contributed by atoms with E-state index >= 15 is 4.79 Å². The van der Waals surface area contributed by atoms with Crippen molar-refractivity contribution in [2.45, 2.75) is 24.2 Å². The van der Waals surface area contributed by atoms with Crippen molar-refractivity contribution >= 4 is 69.2 Å². The van der Waals surface area contributed by atoms with Gasteiger partial charge in [0.2, 0.25) is 23.6 Å². The summed E-state index contributed by atoms with van der Waals surface area (Å²) < 4.78 is 12.8. The maximum atomic E-state index is 15.5. The number of phenolic OH excluding ortho intramolecular Hbond substituents is 1. The Kier molecular flexibility index (Phi) is 8.22. The highest BCUT2D eigenvalue weighted by molar-refractivity contribution is 14.1. The monoisotopic (exact) mass is 814 g/mol. The third-order valence-corrected chi connectivity index (χ3v) is 12.0. The average molecular weight is 815 g/mol. The van der Waals surface area contributed by atoms with E-state index in [9.17, 15) is 19.5 Å². The molecule has 11 heteroatoms. The molecular weight excluding hydrogens is 783 g/mol. The van der Waals surface area contributed by atoms with Gasteiger partial charge in [-0.05, 0) is 89.4 Å². The molecule has 6 atom stereocenters. The van der Waals surface area contributed by atoms with E-state index < -0.39 is 46.8 Å². The largest absolute Gasteiger partial charge is 0.508 e. The molecule has 0 radical (unpaired) electrons. The van der Waals surface area contributed by atoms with Crippen LogP contribution in [0.4, 0.5) is 11.4 Å². The second kappa shape index (κ2) is 12.5. The van der Waals surface area contributed by atoms with Gasteiger partial charge in [-0.2, -0.15) is 0 Å². The first-order valence-corrected chi connectivity index (χ1v) is 18.0. The lowest BCUT2D eigenvalue weighted by atomic mass is 9.49. The van der Waals surface area contributed by atoms with E-state index in [2.05, 4.69) is 22.6 Å². The molecule has 0 aromatic heterocycles. The topological polar surface area (TPSA) is 113 Å². The third-order valence-electron chi connectivity index (χ3n) is 11.1. The minimum absolute atomic E-state index is 0.109. The van der Waals surface area contributed by atoms with E-state index in [-0.39, 0.29) is 41.9 Å². The minimum Gasteiger partial charge on any atom is -0.508 e. The molecule has 8 rings (SSSR count). The van der Waals surface area contributed by atoms with E-state index in [1.165, 1.54) is 36.2 Å². The molecule has 6 unspecified atom stereocenters. The first-order chi connectivity index (χ1) is 24.6. The van der Waals surface area contributed by atoms with Gasteiger partial charge in [-0.15, -0.1) is 0 Å². The molecule has 1 saturated carbocycles. The number of nitrogens with zero attached hydrogens (tertiary/aromatic N) is 2. The molecule has 2 aliphatic heterocycles. The van der Waals surface area contributed by atoms with Gasteiger partial charge in [0.1, 0.15) is 17.2 Å². The summed E-state index contributed by atoms with van der Waals surface area (Å²) in [7, 11) is 2.93. The Bertz CT molecular complexity index is 2130.